The number of rotatable bonds is 1. The first-order valence-corrected chi connectivity index (χ1v) is 6.12. The van der Waals surface area contributed by atoms with Gasteiger partial charge in [-0.25, -0.2) is 4.98 Å². The summed E-state index contributed by atoms with van der Waals surface area (Å²) in [7, 11) is 0. The fraction of sp³-hybridized carbons (Fsp3) is 0.0769. The Bertz CT molecular complexity index is 694. The van der Waals surface area contributed by atoms with Gasteiger partial charge < -0.3 is 5.73 Å². The van der Waals surface area contributed by atoms with Gasteiger partial charge in [-0.2, -0.15) is 0 Å². The second-order valence-electron chi connectivity index (χ2n) is 4.00. The van der Waals surface area contributed by atoms with E-state index < -0.39 is 0 Å². The molecule has 5 heteroatoms. The molecule has 3 nitrogen and oxygen atoms in total. The van der Waals surface area contributed by atoms with Crippen LogP contribution in [0.1, 0.15) is 5.56 Å². The largest absolute Gasteiger partial charge is 0.399 e. The van der Waals surface area contributed by atoms with Gasteiger partial charge >= 0.3 is 0 Å². The molecule has 0 saturated carbocycles. The highest BCUT2D eigenvalue weighted by atomic mass is 35.5. The summed E-state index contributed by atoms with van der Waals surface area (Å²) in [6, 6.07) is 7.88. The third-order valence-corrected chi connectivity index (χ3v) is 3.60. The van der Waals surface area contributed by atoms with Gasteiger partial charge in [0.25, 0.3) is 0 Å². The summed E-state index contributed by atoms with van der Waals surface area (Å²) in [4.78, 5) is 8.78. The Morgan fingerprint density at radius 3 is 2.78 bits per heavy atom. The number of anilines is 1. The van der Waals surface area contributed by atoms with Crippen LogP contribution in [0.3, 0.4) is 0 Å². The quantitative estimate of drug-likeness (QED) is 0.691. The lowest BCUT2D eigenvalue weighted by Gasteiger charge is -1.95. The van der Waals surface area contributed by atoms with Crippen molar-refractivity contribution in [3.05, 3.63) is 42.2 Å². The van der Waals surface area contributed by atoms with E-state index in [9.17, 15) is 0 Å². The van der Waals surface area contributed by atoms with Gasteiger partial charge in [-0.3, -0.25) is 4.98 Å². The highest BCUT2D eigenvalue weighted by Gasteiger charge is 2.06. The number of pyridine rings is 1. The Labute approximate surface area is 115 Å². The molecule has 0 aliphatic carbocycles. The van der Waals surface area contributed by atoms with E-state index in [1.165, 1.54) is 0 Å². The van der Waals surface area contributed by atoms with E-state index in [0.717, 1.165) is 32.0 Å². The van der Waals surface area contributed by atoms with Crippen LogP contribution in [0.25, 0.3) is 20.8 Å². The first kappa shape index (κ1) is 12.8. The standard InChI is InChI=1S/C13H11N3S.ClH/c1-8-4-9(7-15-6-8)13-16-11-3-2-10(14)5-12(11)17-13;/h2-7H,14H2,1H3;1H. The number of nitrogens with zero attached hydrogens (tertiary/aromatic N) is 2. The van der Waals surface area contributed by atoms with Crippen LogP contribution in [0.2, 0.25) is 0 Å². The van der Waals surface area contributed by atoms with Crippen LogP contribution in [0.15, 0.2) is 36.7 Å². The Morgan fingerprint density at radius 2 is 2.00 bits per heavy atom. The summed E-state index contributed by atoms with van der Waals surface area (Å²) in [5.41, 5.74) is 9.72. The van der Waals surface area contributed by atoms with Crippen molar-refractivity contribution >= 4 is 39.6 Å². The first-order valence-electron chi connectivity index (χ1n) is 5.30. The molecule has 0 spiro atoms. The Morgan fingerprint density at radius 1 is 1.17 bits per heavy atom. The van der Waals surface area contributed by atoms with Crippen LogP contribution >= 0.6 is 23.7 Å². The molecule has 3 aromatic rings. The van der Waals surface area contributed by atoms with Gasteiger partial charge in [-0.05, 0) is 36.8 Å². The van der Waals surface area contributed by atoms with E-state index in [-0.39, 0.29) is 12.4 Å². The van der Waals surface area contributed by atoms with Gasteiger partial charge in [0.05, 0.1) is 10.2 Å². The first-order chi connectivity index (χ1) is 8.22. The van der Waals surface area contributed by atoms with Crippen molar-refractivity contribution in [3.63, 3.8) is 0 Å². The van der Waals surface area contributed by atoms with Crippen molar-refractivity contribution in [1.29, 1.82) is 0 Å². The number of nitrogens with two attached hydrogens (primary N) is 1. The minimum absolute atomic E-state index is 0. The fourth-order valence-corrected chi connectivity index (χ4v) is 2.73. The zero-order chi connectivity index (χ0) is 11.8. The summed E-state index contributed by atoms with van der Waals surface area (Å²) in [6.45, 7) is 2.03. The molecule has 2 aromatic heterocycles. The molecule has 0 fully saturated rings. The maximum atomic E-state index is 5.76. The average molecular weight is 278 g/mol. The molecule has 3 rings (SSSR count). The number of nitrogen functional groups attached to an aromatic ring is 1. The summed E-state index contributed by atoms with van der Waals surface area (Å²) in [6.07, 6.45) is 3.68. The topological polar surface area (TPSA) is 51.8 Å². The van der Waals surface area contributed by atoms with Crippen LogP contribution in [0, 0.1) is 6.92 Å². The Kier molecular flexibility index (Phi) is 3.50. The molecule has 0 saturated heterocycles. The zero-order valence-corrected chi connectivity index (χ0v) is 11.4. The lowest BCUT2D eigenvalue weighted by molar-refractivity contribution is 1.26. The van der Waals surface area contributed by atoms with Gasteiger partial charge in [0.1, 0.15) is 5.01 Å². The second-order valence-corrected chi connectivity index (χ2v) is 5.03. The van der Waals surface area contributed by atoms with Gasteiger partial charge in [0, 0.05) is 23.6 Å². The van der Waals surface area contributed by atoms with E-state index >= 15 is 0 Å². The molecular weight excluding hydrogens is 266 g/mol. The molecule has 18 heavy (non-hydrogen) atoms. The number of aryl methyl sites for hydroxylation is 1. The normalized spacial score (nSPS) is 10.3. The minimum atomic E-state index is 0. The lowest BCUT2D eigenvalue weighted by atomic mass is 10.2. The van der Waals surface area contributed by atoms with Gasteiger partial charge in [-0.15, -0.1) is 23.7 Å². The molecule has 0 atom stereocenters. The number of hydrogen-bond donors (Lipinski definition) is 1. The van der Waals surface area contributed by atoms with Crippen LogP contribution < -0.4 is 5.73 Å². The molecule has 0 amide bonds. The maximum absolute atomic E-state index is 5.76. The summed E-state index contributed by atoms with van der Waals surface area (Å²) in [5, 5.41) is 0.988. The minimum Gasteiger partial charge on any atom is -0.399 e. The molecule has 0 bridgehead atoms. The molecule has 0 radical (unpaired) electrons. The summed E-state index contributed by atoms with van der Waals surface area (Å²) >= 11 is 1.64. The molecule has 2 heterocycles. The van der Waals surface area contributed by atoms with Crippen molar-refractivity contribution in [3.8, 4) is 10.6 Å². The highest BCUT2D eigenvalue weighted by Crippen LogP contribution is 2.30. The van der Waals surface area contributed by atoms with Crippen LogP contribution in [0.5, 0.6) is 0 Å². The number of thiazole rings is 1. The average Bonchev–Trinajstić information content (AvgIpc) is 2.72. The lowest BCUT2D eigenvalue weighted by Crippen LogP contribution is -1.82. The van der Waals surface area contributed by atoms with Crippen molar-refractivity contribution in [2.75, 3.05) is 5.73 Å². The third-order valence-electron chi connectivity index (χ3n) is 2.53. The van der Waals surface area contributed by atoms with Gasteiger partial charge in [0.2, 0.25) is 0 Å². The third kappa shape index (κ3) is 2.30. The zero-order valence-electron chi connectivity index (χ0n) is 9.75. The molecular formula is C13H12ClN3S. The predicted molar refractivity (Wildman–Crippen MR) is 79.2 cm³/mol. The number of fused-ring (bicyclic) bond motifs is 1. The van der Waals surface area contributed by atoms with Crippen LogP contribution in [-0.2, 0) is 0 Å². The molecule has 2 N–H and O–H groups in total. The molecule has 92 valence electrons. The monoisotopic (exact) mass is 277 g/mol. The fourth-order valence-electron chi connectivity index (χ4n) is 1.74. The van der Waals surface area contributed by atoms with E-state index in [1.54, 1.807) is 11.3 Å². The number of hydrogen-bond acceptors (Lipinski definition) is 4. The number of benzene rings is 1. The SMILES string of the molecule is Cc1cncc(-c2nc3ccc(N)cc3s2)c1.Cl. The van der Waals surface area contributed by atoms with Crippen LogP contribution in [0.4, 0.5) is 5.69 Å². The van der Waals surface area contributed by atoms with Crippen LogP contribution in [-0.4, -0.2) is 9.97 Å². The Balaban J connectivity index is 0.00000120. The van der Waals surface area contributed by atoms with Crippen molar-refractivity contribution in [1.82, 2.24) is 9.97 Å². The maximum Gasteiger partial charge on any atom is 0.126 e. The van der Waals surface area contributed by atoms with E-state index in [4.69, 9.17) is 5.73 Å². The smallest absolute Gasteiger partial charge is 0.126 e. The molecule has 0 unspecified atom stereocenters. The molecule has 1 aromatic carbocycles. The molecule has 0 aliphatic rings. The molecule has 0 aliphatic heterocycles. The highest BCUT2D eigenvalue weighted by molar-refractivity contribution is 7.21. The predicted octanol–water partition coefficient (Wildman–Crippen LogP) is 3.67. The second kappa shape index (κ2) is 4.92. The van der Waals surface area contributed by atoms with Crippen molar-refractivity contribution in [2.24, 2.45) is 0 Å². The number of halogens is 1. The van der Waals surface area contributed by atoms with E-state index in [2.05, 4.69) is 16.0 Å². The van der Waals surface area contributed by atoms with Gasteiger partial charge in [-0.1, -0.05) is 0 Å². The summed E-state index contributed by atoms with van der Waals surface area (Å²) in [5.74, 6) is 0. The Hall–Kier alpha value is -1.65. The van der Waals surface area contributed by atoms with Crippen molar-refractivity contribution in [2.45, 2.75) is 6.92 Å². The van der Waals surface area contributed by atoms with Gasteiger partial charge in [0.15, 0.2) is 0 Å². The summed E-state index contributed by atoms with van der Waals surface area (Å²) < 4.78 is 1.11. The van der Waals surface area contributed by atoms with E-state index in [1.807, 2.05) is 37.5 Å². The number of aromatic nitrogens is 2. The van der Waals surface area contributed by atoms with E-state index in [0.29, 0.717) is 0 Å². The van der Waals surface area contributed by atoms with Crippen molar-refractivity contribution < 1.29 is 0 Å².